The van der Waals surface area contributed by atoms with E-state index in [0.29, 0.717) is 5.69 Å². The minimum Gasteiger partial charge on any atom is -0.506 e. The molecular formula is C17H16IN3O. The van der Waals surface area contributed by atoms with E-state index >= 15 is 0 Å². The minimum absolute atomic E-state index is 0.215. The molecular weight excluding hydrogens is 389 g/mol. The molecule has 0 spiro atoms. The molecule has 5 heteroatoms. The van der Waals surface area contributed by atoms with Gasteiger partial charge in [0, 0.05) is 9.13 Å². The number of rotatable bonds is 3. The average molecular weight is 405 g/mol. The van der Waals surface area contributed by atoms with Crippen LogP contribution in [0.1, 0.15) is 18.1 Å². The van der Waals surface area contributed by atoms with Crippen molar-refractivity contribution in [3.05, 3.63) is 57.3 Å². The van der Waals surface area contributed by atoms with Crippen LogP contribution in [-0.4, -0.2) is 20.1 Å². The van der Waals surface area contributed by atoms with Crippen molar-refractivity contribution >= 4 is 22.6 Å². The van der Waals surface area contributed by atoms with E-state index in [2.05, 4.69) is 39.8 Å². The van der Waals surface area contributed by atoms with Crippen molar-refractivity contribution in [1.29, 1.82) is 0 Å². The van der Waals surface area contributed by atoms with Gasteiger partial charge in [-0.2, -0.15) is 0 Å². The van der Waals surface area contributed by atoms with Crippen LogP contribution in [-0.2, 0) is 6.42 Å². The van der Waals surface area contributed by atoms with Gasteiger partial charge in [0.1, 0.15) is 11.4 Å². The lowest BCUT2D eigenvalue weighted by molar-refractivity contribution is 0.469. The fourth-order valence-electron chi connectivity index (χ4n) is 2.51. The highest BCUT2D eigenvalue weighted by Gasteiger charge is 2.14. The molecule has 0 saturated carbocycles. The molecule has 0 saturated heterocycles. The highest BCUT2D eigenvalue weighted by Crippen LogP contribution is 2.29. The standard InChI is InChI=1S/C17H16IN3O/c1-3-12-9-15(17(22)8-11(12)2)21-16(10-19-20-21)13-4-6-14(18)7-5-13/h4-10,22H,3H2,1-2H3. The van der Waals surface area contributed by atoms with E-state index in [0.717, 1.165) is 23.2 Å². The summed E-state index contributed by atoms with van der Waals surface area (Å²) in [7, 11) is 0. The highest BCUT2D eigenvalue weighted by atomic mass is 127. The molecule has 1 N–H and O–H groups in total. The van der Waals surface area contributed by atoms with Crippen LogP contribution in [0, 0.1) is 10.5 Å². The Hall–Kier alpha value is -1.89. The zero-order chi connectivity index (χ0) is 15.7. The number of hydrogen-bond donors (Lipinski definition) is 1. The summed E-state index contributed by atoms with van der Waals surface area (Å²) in [5, 5.41) is 18.5. The van der Waals surface area contributed by atoms with Crippen LogP contribution in [0.3, 0.4) is 0 Å². The summed E-state index contributed by atoms with van der Waals surface area (Å²) in [5.74, 6) is 0.215. The van der Waals surface area contributed by atoms with Crippen LogP contribution in [0.4, 0.5) is 0 Å². The third kappa shape index (κ3) is 2.72. The molecule has 3 aromatic rings. The first kappa shape index (κ1) is 15.0. The summed E-state index contributed by atoms with van der Waals surface area (Å²) in [6, 6.07) is 11.9. The maximum atomic E-state index is 10.3. The van der Waals surface area contributed by atoms with Gasteiger partial charge in [-0.05, 0) is 71.3 Å². The Bertz CT molecular complexity index is 809. The number of aromatic nitrogens is 3. The minimum atomic E-state index is 0.215. The van der Waals surface area contributed by atoms with E-state index < -0.39 is 0 Å². The Kier molecular flexibility index (Phi) is 4.15. The van der Waals surface area contributed by atoms with Gasteiger partial charge < -0.3 is 5.11 Å². The Labute approximate surface area is 142 Å². The van der Waals surface area contributed by atoms with E-state index in [-0.39, 0.29) is 5.75 Å². The fraction of sp³-hybridized carbons (Fsp3) is 0.176. The molecule has 0 radical (unpaired) electrons. The molecule has 0 aliphatic rings. The van der Waals surface area contributed by atoms with E-state index in [1.54, 1.807) is 16.9 Å². The van der Waals surface area contributed by atoms with Crippen LogP contribution >= 0.6 is 22.6 Å². The average Bonchev–Trinajstić information content (AvgIpc) is 2.97. The molecule has 0 bridgehead atoms. The molecule has 3 rings (SSSR count). The van der Waals surface area contributed by atoms with Gasteiger partial charge in [0.05, 0.1) is 11.9 Å². The molecule has 0 amide bonds. The number of hydrogen-bond acceptors (Lipinski definition) is 3. The number of aryl methyl sites for hydroxylation is 2. The summed E-state index contributed by atoms with van der Waals surface area (Å²) in [6.07, 6.45) is 2.62. The maximum absolute atomic E-state index is 10.3. The van der Waals surface area contributed by atoms with Crippen molar-refractivity contribution < 1.29 is 5.11 Å². The van der Waals surface area contributed by atoms with E-state index in [4.69, 9.17) is 0 Å². The van der Waals surface area contributed by atoms with E-state index in [9.17, 15) is 5.11 Å². The predicted molar refractivity (Wildman–Crippen MR) is 95.3 cm³/mol. The Balaban J connectivity index is 2.15. The SMILES string of the molecule is CCc1cc(-n2nncc2-c2ccc(I)cc2)c(O)cc1C. The van der Waals surface area contributed by atoms with Gasteiger partial charge in [0.2, 0.25) is 0 Å². The van der Waals surface area contributed by atoms with Gasteiger partial charge >= 0.3 is 0 Å². The molecule has 2 aromatic carbocycles. The highest BCUT2D eigenvalue weighted by molar-refractivity contribution is 14.1. The van der Waals surface area contributed by atoms with Crippen molar-refractivity contribution in [3.63, 3.8) is 0 Å². The second kappa shape index (κ2) is 6.08. The Morgan fingerprint density at radius 1 is 1.18 bits per heavy atom. The first-order valence-corrected chi connectivity index (χ1v) is 8.17. The van der Waals surface area contributed by atoms with Crippen LogP contribution < -0.4 is 0 Å². The van der Waals surface area contributed by atoms with E-state index in [1.807, 2.05) is 37.3 Å². The topological polar surface area (TPSA) is 50.9 Å². The lowest BCUT2D eigenvalue weighted by Crippen LogP contribution is -2.02. The summed E-state index contributed by atoms with van der Waals surface area (Å²) in [6.45, 7) is 4.11. The fourth-order valence-corrected chi connectivity index (χ4v) is 2.87. The zero-order valence-electron chi connectivity index (χ0n) is 12.4. The summed E-state index contributed by atoms with van der Waals surface area (Å²) in [5.41, 5.74) is 4.81. The van der Waals surface area contributed by atoms with Crippen molar-refractivity contribution in [2.45, 2.75) is 20.3 Å². The van der Waals surface area contributed by atoms with E-state index in [1.165, 1.54) is 9.13 Å². The molecule has 112 valence electrons. The maximum Gasteiger partial charge on any atom is 0.141 e. The van der Waals surface area contributed by atoms with Crippen molar-refractivity contribution in [3.8, 4) is 22.7 Å². The molecule has 1 aromatic heterocycles. The molecule has 0 fully saturated rings. The predicted octanol–water partition coefficient (Wildman–Crippen LogP) is 4.12. The monoisotopic (exact) mass is 405 g/mol. The number of phenolic OH excluding ortho intramolecular Hbond substituents is 1. The van der Waals surface area contributed by atoms with Crippen LogP contribution in [0.25, 0.3) is 16.9 Å². The van der Waals surface area contributed by atoms with Gasteiger partial charge in [-0.15, -0.1) is 5.10 Å². The smallest absolute Gasteiger partial charge is 0.141 e. The van der Waals surface area contributed by atoms with Gasteiger partial charge in [0.15, 0.2) is 0 Å². The molecule has 0 unspecified atom stereocenters. The molecule has 1 heterocycles. The zero-order valence-corrected chi connectivity index (χ0v) is 14.6. The normalized spacial score (nSPS) is 10.9. The second-order valence-corrected chi connectivity index (χ2v) is 6.40. The Morgan fingerprint density at radius 3 is 2.59 bits per heavy atom. The lowest BCUT2D eigenvalue weighted by atomic mass is 10.0. The summed E-state index contributed by atoms with van der Waals surface area (Å²) >= 11 is 2.27. The Morgan fingerprint density at radius 2 is 1.91 bits per heavy atom. The number of halogens is 1. The third-order valence-corrected chi connectivity index (χ3v) is 4.45. The van der Waals surface area contributed by atoms with Crippen LogP contribution in [0.15, 0.2) is 42.6 Å². The van der Waals surface area contributed by atoms with Crippen LogP contribution in [0.2, 0.25) is 0 Å². The first-order valence-electron chi connectivity index (χ1n) is 7.09. The summed E-state index contributed by atoms with van der Waals surface area (Å²) < 4.78 is 2.86. The molecule has 0 aliphatic carbocycles. The van der Waals surface area contributed by atoms with Gasteiger partial charge in [-0.1, -0.05) is 24.3 Å². The number of nitrogens with zero attached hydrogens (tertiary/aromatic N) is 3. The molecule has 22 heavy (non-hydrogen) atoms. The van der Waals surface area contributed by atoms with Crippen molar-refractivity contribution in [1.82, 2.24) is 15.0 Å². The third-order valence-electron chi connectivity index (χ3n) is 3.73. The van der Waals surface area contributed by atoms with Crippen LogP contribution in [0.5, 0.6) is 5.75 Å². The first-order chi connectivity index (χ1) is 10.6. The molecule has 0 aliphatic heterocycles. The number of benzene rings is 2. The largest absolute Gasteiger partial charge is 0.506 e. The molecule has 0 atom stereocenters. The quantitative estimate of drug-likeness (QED) is 0.668. The summed E-state index contributed by atoms with van der Waals surface area (Å²) in [4.78, 5) is 0. The van der Waals surface area contributed by atoms with Crippen molar-refractivity contribution in [2.75, 3.05) is 0 Å². The second-order valence-electron chi connectivity index (χ2n) is 5.16. The number of phenols is 1. The van der Waals surface area contributed by atoms with Gasteiger partial charge in [-0.3, -0.25) is 0 Å². The van der Waals surface area contributed by atoms with Gasteiger partial charge in [-0.25, -0.2) is 4.68 Å². The lowest BCUT2D eigenvalue weighted by Gasteiger charge is -2.12. The van der Waals surface area contributed by atoms with Gasteiger partial charge in [0.25, 0.3) is 0 Å². The van der Waals surface area contributed by atoms with Crippen molar-refractivity contribution in [2.24, 2.45) is 0 Å². The molecule has 4 nitrogen and oxygen atoms in total. The number of aromatic hydroxyl groups is 1.